The van der Waals surface area contributed by atoms with Crippen molar-refractivity contribution in [1.29, 1.82) is 10.5 Å². The van der Waals surface area contributed by atoms with Crippen molar-refractivity contribution in [2.45, 2.75) is 0 Å². The number of hydrogen-bond acceptors (Lipinski definition) is 8. The van der Waals surface area contributed by atoms with E-state index in [0.29, 0.717) is 11.0 Å². The van der Waals surface area contributed by atoms with Crippen LogP contribution in [0.3, 0.4) is 0 Å². The molecule has 1 aromatic heterocycles. The summed E-state index contributed by atoms with van der Waals surface area (Å²) in [5.41, 5.74) is 6.65. The van der Waals surface area contributed by atoms with Gasteiger partial charge in [-0.3, -0.25) is 0 Å². The molecule has 0 N–H and O–H groups in total. The third-order valence-corrected chi connectivity index (χ3v) is 9.30. The van der Waals surface area contributed by atoms with Gasteiger partial charge in [0.05, 0.1) is 33.8 Å². The van der Waals surface area contributed by atoms with Gasteiger partial charge in [-0.15, -0.1) is 0 Å². The molecule has 0 saturated carbocycles. The van der Waals surface area contributed by atoms with Gasteiger partial charge >= 0.3 is 0 Å². The molecule has 2 aliphatic heterocycles. The Hall–Kier alpha value is -7.42. The predicted octanol–water partition coefficient (Wildman–Crippen LogP) is 10.8. The smallest absolute Gasteiger partial charge is 0.177 e. The van der Waals surface area contributed by atoms with Gasteiger partial charge in [0.15, 0.2) is 34.4 Å². The first-order valence-electron chi connectivity index (χ1n) is 16.0. The first-order chi connectivity index (χ1) is 24.7. The minimum atomic E-state index is -0.00101. The number of hydrogen-bond donors (Lipinski definition) is 0. The van der Waals surface area contributed by atoms with Gasteiger partial charge in [0.2, 0.25) is 0 Å². The summed E-state index contributed by atoms with van der Waals surface area (Å²) in [4.78, 5) is 13.8. The van der Waals surface area contributed by atoms with Crippen molar-refractivity contribution in [2.24, 2.45) is 0 Å². The lowest BCUT2D eigenvalue weighted by molar-refractivity contribution is 0.477. The highest BCUT2D eigenvalue weighted by molar-refractivity contribution is 6.24. The van der Waals surface area contributed by atoms with Crippen molar-refractivity contribution in [3.8, 4) is 35.1 Å². The predicted molar refractivity (Wildman–Crippen MR) is 193 cm³/mol. The van der Waals surface area contributed by atoms with Gasteiger partial charge in [-0.2, -0.15) is 10.5 Å². The average molecular weight is 643 g/mol. The number of para-hydroxylation sites is 8. The lowest BCUT2D eigenvalue weighted by Crippen LogP contribution is -2.16. The molecule has 232 valence electrons. The Morgan fingerprint density at radius 3 is 1.10 bits per heavy atom. The number of nitrogens with zero attached hydrogens (tertiary/aromatic N) is 6. The number of anilines is 6. The highest BCUT2D eigenvalue weighted by Gasteiger charge is 2.28. The van der Waals surface area contributed by atoms with Crippen LogP contribution in [-0.2, 0) is 0 Å². The van der Waals surface area contributed by atoms with Crippen LogP contribution in [0.25, 0.3) is 32.6 Å². The second-order valence-electron chi connectivity index (χ2n) is 12.0. The molecule has 0 radical (unpaired) electrons. The van der Waals surface area contributed by atoms with E-state index in [9.17, 15) is 10.5 Å². The van der Waals surface area contributed by atoms with Crippen LogP contribution in [0, 0.1) is 22.7 Å². The summed E-state index contributed by atoms with van der Waals surface area (Å²) in [5, 5.41) is 23.3. The molecule has 0 fully saturated rings. The van der Waals surface area contributed by atoms with Crippen LogP contribution in [0.5, 0.6) is 23.0 Å². The van der Waals surface area contributed by atoms with Gasteiger partial charge in [-0.1, -0.05) is 60.7 Å². The number of nitriles is 2. The zero-order chi connectivity index (χ0) is 33.3. The summed E-state index contributed by atoms with van der Waals surface area (Å²) in [6.07, 6.45) is 0. The summed E-state index contributed by atoms with van der Waals surface area (Å²) in [6, 6.07) is 48.6. The van der Waals surface area contributed by atoms with Gasteiger partial charge in [-0.05, 0) is 83.6 Å². The average Bonchev–Trinajstić information content (AvgIpc) is 3.18. The zero-order valence-corrected chi connectivity index (χ0v) is 26.2. The monoisotopic (exact) mass is 642 g/mol. The van der Waals surface area contributed by atoms with E-state index in [1.165, 1.54) is 0 Å². The van der Waals surface area contributed by atoms with Crippen molar-refractivity contribution >= 4 is 66.7 Å². The number of aromatic nitrogens is 2. The summed E-state index contributed by atoms with van der Waals surface area (Å²) in [7, 11) is 0. The molecular weight excluding hydrogens is 621 g/mol. The number of benzene rings is 7. The van der Waals surface area contributed by atoms with Crippen molar-refractivity contribution in [1.82, 2.24) is 9.97 Å². The second-order valence-corrected chi connectivity index (χ2v) is 12.0. The SMILES string of the molecule is N#Cc1nc2c3ccc(N4c5ccccc5Oc5ccccc54)cc3c3cc(N4c5ccccc5Oc5ccccc54)ccc3c2nc1C#N. The van der Waals surface area contributed by atoms with Gasteiger partial charge in [0.25, 0.3) is 0 Å². The van der Waals surface area contributed by atoms with E-state index in [4.69, 9.17) is 19.4 Å². The maximum absolute atomic E-state index is 9.90. The van der Waals surface area contributed by atoms with Crippen LogP contribution in [0.4, 0.5) is 34.1 Å². The number of ether oxygens (including phenoxy) is 2. The Bertz CT molecular complexity index is 2550. The topological polar surface area (TPSA) is 98.3 Å². The highest BCUT2D eigenvalue weighted by atomic mass is 16.5. The van der Waals surface area contributed by atoms with Crippen LogP contribution >= 0.6 is 0 Å². The van der Waals surface area contributed by atoms with E-state index < -0.39 is 0 Å². The number of fused-ring (bicyclic) bond motifs is 10. The first kappa shape index (κ1) is 27.7. The molecule has 2 aliphatic rings. The van der Waals surface area contributed by atoms with Gasteiger partial charge in [-0.25, -0.2) is 9.97 Å². The van der Waals surface area contributed by atoms with Crippen molar-refractivity contribution < 1.29 is 9.47 Å². The third kappa shape index (κ3) is 3.97. The molecule has 8 nitrogen and oxygen atoms in total. The molecule has 3 heterocycles. The van der Waals surface area contributed by atoms with Gasteiger partial charge in [0, 0.05) is 22.1 Å². The van der Waals surface area contributed by atoms with Gasteiger partial charge < -0.3 is 19.3 Å². The minimum absolute atomic E-state index is 0.00101. The fourth-order valence-corrected chi connectivity index (χ4v) is 7.13. The lowest BCUT2D eigenvalue weighted by Gasteiger charge is -2.33. The first-order valence-corrected chi connectivity index (χ1v) is 16.0. The van der Waals surface area contributed by atoms with E-state index in [1.54, 1.807) is 0 Å². The third-order valence-electron chi connectivity index (χ3n) is 9.30. The minimum Gasteiger partial charge on any atom is -0.453 e. The highest BCUT2D eigenvalue weighted by Crippen LogP contribution is 2.53. The second kappa shape index (κ2) is 10.5. The molecule has 7 aromatic carbocycles. The molecule has 8 heteroatoms. The Morgan fingerprint density at radius 2 is 0.760 bits per heavy atom. The van der Waals surface area contributed by atoms with E-state index in [-0.39, 0.29) is 11.4 Å². The maximum atomic E-state index is 9.90. The number of rotatable bonds is 2. The Kier molecular flexibility index (Phi) is 5.84. The molecule has 0 aliphatic carbocycles. The maximum Gasteiger partial charge on any atom is 0.177 e. The summed E-state index contributed by atoms with van der Waals surface area (Å²) < 4.78 is 12.6. The van der Waals surface area contributed by atoms with Crippen LogP contribution < -0.4 is 19.3 Å². The molecule has 0 unspecified atom stereocenters. The Balaban J connectivity index is 1.29. The summed E-state index contributed by atoms with van der Waals surface area (Å²) >= 11 is 0. The summed E-state index contributed by atoms with van der Waals surface area (Å²) in [6.45, 7) is 0. The molecule has 10 rings (SSSR count). The Labute approximate surface area is 285 Å². The molecule has 0 amide bonds. The van der Waals surface area contributed by atoms with Crippen LogP contribution in [0.15, 0.2) is 133 Å². The van der Waals surface area contributed by atoms with E-state index in [2.05, 4.69) is 46.2 Å². The molecule has 50 heavy (non-hydrogen) atoms. The van der Waals surface area contributed by atoms with Crippen molar-refractivity contribution in [2.75, 3.05) is 9.80 Å². The molecule has 8 aromatic rings. The van der Waals surface area contributed by atoms with Crippen LogP contribution in [0.1, 0.15) is 11.4 Å². The van der Waals surface area contributed by atoms with E-state index in [1.807, 2.05) is 109 Å². The van der Waals surface area contributed by atoms with Crippen LogP contribution in [0.2, 0.25) is 0 Å². The largest absolute Gasteiger partial charge is 0.453 e. The quantitative estimate of drug-likeness (QED) is 0.172. The zero-order valence-electron chi connectivity index (χ0n) is 26.2. The molecule has 0 spiro atoms. The van der Waals surface area contributed by atoms with Crippen molar-refractivity contribution in [3.05, 3.63) is 145 Å². The van der Waals surface area contributed by atoms with E-state index in [0.717, 1.165) is 78.7 Å². The lowest BCUT2D eigenvalue weighted by atomic mass is 9.97. The molecule has 0 atom stereocenters. The van der Waals surface area contributed by atoms with Gasteiger partial charge in [0.1, 0.15) is 12.1 Å². The Morgan fingerprint density at radius 1 is 0.420 bits per heavy atom. The fourth-order valence-electron chi connectivity index (χ4n) is 7.13. The molecule has 0 saturated heterocycles. The van der Waals surface area contributed by atoms with Crippen LogP contribution in [-0.4, -0.2) is 9.97 Å². The van der Waals surface area contributed by atoms with E-state index >= 15 is 0 Å². The standard InChI is InChI=1S/C42H22N6O2/c43-23-31-32(24-44)46-42-28-20-18-26(48-35-11-3-7-15-39(35)50-40-16-8-4-12-36(40)48)22-30(28)29-21-25(17-19-27(29)41(42)45-31)47-33-9-1-5-13-37(33)49-38-14-6-2-10-34(38)47/h1-22H. The molecule has 0 bridgehead atoms. The molecular formula is C42H22N6O2. The fraction of sp³-hybridized carbons (Fsp3) is 0. The van der Waals surface area contributed by atoms with Crippen molar-refractivity contribution in [3.63, 3.8) is 0 Å². The summed E-state index contributed by atoms with van der Waals surface area (Å²) in [5.74, 6) is 3.04. The normalized spacial score (nSPS) is 12.6.